The predicted octanol–water partition coefficient (Wildman–Crippen LogP) is 1.54. The van der Waals surface area contributed by atoms with Crippen LogP contribution in [0.1, 0.15) is 17.2 Å². The Morgan fingerprint density at radius 2 is 1.62 bits per heavy atom. The van der Waals surface area contributed by atoms with Crippen LogP contribution < -0.4 is 5.73 Å². The molecular formula is C15H25ClN2O3. The van der Waals surface area contributed by atoms with Crippen molar-refractivity contribution in [1.29, 1.82) is 0 Å². The summed E-state index contributed by atoms with van der Waals surface area (Å²) >= 11 is 0. The Labute approximate surface area is 132 Å². The number of carbonyl (C=O) groups is 1. The molecule has 0 spiro atoms. The molecule has 0 heterocycles. The fraction of sp³-hybridized carbons (Fsp3) is 0.533. The molecule has 120 valence electrons. The van der Waals surface area contributed by atoms with E-state index in [9.17, 15) is 4.79 Å². The number of benzene rings is 1. The minimum Gasteiger partial charge on any atom is -0.383 e. The van der Waals surface area contributed by atoms with E-state index in [-0.39, 0.29) is 18.3 Å². The van der Waals surface area contributed by atoms with Crippen molar-refractivity contribution in [3.05, 3.63) is 35.4 Å². The first-order chi connectivity index (χ1) is 9.60. The Balaban J connectivity index is 0.00000400. The van der Waals surface area contributed by atoms with Crippen molar-refractivity contribution in [1.82, 2.24) is 4.90 Å². The molecule has 1 rings (SSSR count). The number of rotatable bonds is 8. The fourth-order valence-corrected chi connectivity index (χ4v) is 1.85. The lowest BCUT2D eigenvalue weighted by atomic mass is 10.0. The Bertz CT molecular complexity index is 404. The molecular weight excluding hydrogens is 292 g/mol. The average Bonchev–Trinajstić information content (AvgIpc) is 2.47. The highest BCUT2D eigenvalue weighted by atomic mass is 35.5. The summed E-state index contributed by atoms with van der Waals surface area (Å²) in [7, 11) is 3.22. The van der Waals surface area contributed by atoms with E-state index in [4.69, 9.17) is 15.2 Å². The summed E-state index contributed by atoms with van der Waals surface area (Å²) in [4.78, 5) is 14.1. The molecule has 0 radical (unpaired) electrons. The average molecular weight is 317 g/mol. The first-order valence-corrected chi connectivity index (χ1v) is 6.69. The summed E-state index contributed by atoms with van der Waals surface area (Å²) in [5, 5.41) is 0. The maximum atomic E-state index is 12.4. The van der Waals surface area contributed by atoms with Gasteiger partial charge in [0, 0.05) is 27.3 Å². The lowest BCUT2D eigenvalue weighted by Gasteiger charge is -2.25. The zero-order valence-electron chi connectivity index (χ0n) is 12.9. The zero-order chi connectivity index (χ0) is 15.0. The normalized spacial score (nSPS) is 11.6. The van der Waals surface area contributed by atoms with Crippen molar-refractivity contribution in [3.8, 4) is 0 Å². The molecule has 0 aliphatic heterocycles. The summed E-state index contributed by atoms with van der Waals surface area (Å²) in [5.74, 6) is -0.108. The van der Waals surface area contributed by atoms with E-state index in [1.165, 1.54) is 0 Å². The van der Waals surface area contributed by atoms with E-state index in [1.807, 2.05) is 31.2 Å². The van der Waals surface area contributed by atoms with Gasteiger partial charge in [0.25, 0.3) is 0 Å². The molecule has 0 aliphatic carbocycles. The molecule has 1 aromatic carbocycles. The first kappa shape index (κ1) is 19.9. The lowest BCUT2D eigenvalue weighted by Crippen LogP contribution is -2.42. The number of nitrogens with two attached hydrogens (primary N) is 1. The van der Waals surface area contributed by atoms with Gasteiger partial charge >= 0.3 is 0 Å². The van der Waals surface area contributed by atoms with Crippen molar-refractivity contribution < 1.29 is 14.3 Å². The third kappa shape index (κ3) is 6.44. The molecule has 1 atom stereocenters. The third-order valence-corrected chi connectivity index (χ3v) is 3.14. The number of hydrogen-bond acceptors (Lipinski definition) is 4. The molecule has 0 fully saturated rings. The van der Waals surface area contributed by atoms with E-state index in [2.05, 4.69) is 0 Å². The second-order valence-electron chi connectivity index (χ2n) is 4.70. The largest absolute Gasteiger partial charge is 0.383 e. The number of ether oxygens (including phenoxy) is 2. The Morgan fingerprint density at radius 3 is 2.05 bits per heavy atom. The van der Waals surface area contributed by atoms with Crippen LogP contribution in [0.3, 0.4) is 0 Å². The molecule has 1 unspecified atom stereocenters. The van der Waals surface area contributed by atoms with Crippen LogP contribution in [0.15, 0.2) is 24.3 Å². The number of methoxy groups -OCH3 is 2. The number of carbonyl (C=O) groups excluding carboxylic acids is 1. The van der Waals surface area contributed by atoms with Gasteiger partial charge in [-0.3, -0.25) is 4.79 Å². The maximum absolute atomic E-state index is 12.4. The van der Waals surface area contributed by atoms with Gasteiger partial charge in [-0.15, -0.1) is 12.4 Å². The Kier molecular flexibility index (Phi) is 9.99. The van der Waals surface area contributed by atoms with Crippen molar-refractivity contribution in [2.24, 2.45) is 5.73 Å². The fourth-order valence-electron chi connectivity index (χ4n) is 1.85. The van der Waals surface area contributed by atoms with Crippen molar-refractivity contribution in [2.45, 2.75) is 13.0 Å². The smallest absolute Gasteiger partial charge is 0.244 e. The van der Waals surface area contributed by atoms with Gasteiger partial charge in [0.05, 0.1) is 13.2 Å². The standard InChI is InChI=1S/C15H24N2O3.ClH/c1-12-4-6-13(7-5-12)14(16)15(18)17(8-10-19-2)9-11-20-3;/h4-7,14H,8-11,16H2,1-3H3;1H. The monoisotopic (exact) mass is 316 g/mol. The summed E-state index contributed by atoms with van der Waals surface area (Å²) in [5.41, 5.74) is 8.02. The first-order valence-electron chi connectivity index (χ1n) is 6.69. The molecule has 5 nitrogen and oxygen atoms in total. The summed E-state index contributed by atoms with van der Waals surface area (Å²) in [6.07, 6.45) is 0. The second kappa shape index (κ2) is 10.6. The van der Waals surface area contributed by atoms with E-state index in [0.29, 0.717) is 26.3 Å². The van der Waals surface area contributed by atoms with Gasteiger partial charge < -0.3 is 20.1 Å². The molecule has 0 aromatic heterocycles. The van der Waals surface area contributed by atoms with Crippen LogP contribution in [0.2, 0.25) is 0 Å². The minimum absolute atomic E-state index is 0. The number of halogens is 1. The lowest BCUT2D eigenvalue weighted by molar-refractivity contribution is -0.134. The SMILES string of the molecule is COCCN(CCOC)C(=O)C(N)c1ccc(C)cc1.Cl. The number of nitrogens with zero attached hydrogens (tertiary/aromatic N) is 1. The van der Waals surface area contributed by atoms with Crippen LogP contribution in [0, 0.1) is 6.92 Å². The highest BCUT2D eigenvalue weighted by molar-refractivity contribution is 5.85. The summed E-state index contributed by atoms with van der Waals surface area (Å²) in [6, 6.07) is 7.05. The van der Waals surface area contributed by atoms with Crippen LogP contribution >= 0.6 is 12.4 Å². The van der Waals surface area contributed by atoms with E-state index < -0.39 is 6.04 Å². The van der Waals surface area contributed by atoms with Gasteiger partial charge in [-0.2, -0.15) is 0 Å². The van der Waals surface area contributed by atoms with Gasteiger partial charge in [0.2, 0.25) is 5.91 Å². The highest BCUT2D eigenvalue weighted by Gasteiger charge is 2.22. The molecule has 1 amide bonds. The van der Waals surface area contributed by atoms with Crippen LogP contribution in [0.4, 0.5) is 0 Å². The van der Waals surface area contributed by atoms with E-state index >= 15 is 0 Å². The maximum Gasteiger partial charge on any atom is 0.244 e. The molecule has 0 saturated carbocycles. The zero-order valence-corrected chi connectivity index (χ0v) is 13.7. The van der Waals surface area contributed by atoms with Crippen LogP contribution in [0.25, 0.3) is 0 Å². The molecule has 2 N–H and O–H groups in total. The van der Waals surface area contributed by atoms with Gasteiger partial charge in [-0.05, 0) is 12.5 Å². The number of amides is 1. The molecule has 21 heavy (non-hydrogen) atoms. The van der Waals surface area contributed by atoms with Crippen LogP contribution in [-0.4, -0.2) is 51.3 Å². The number of aryl methyl sites for hydroxylation is 1. The van der Waals surface area contributed by atoms with E-state index in [0.717, 1.165) is 11.1 Å². The summed E-state index contributed by atoms with van der Waals surface area (Å²) in [6.45, 7) is 3.99. The van der Waals surface area contributed by atoms with Crippen molar-refractivity contribution >= 4 is 18.3 Å². The Hall–Kier alpha value is -1.14. The molecule has 0 saturated heterocycles. The van der Waals surface area contributed by atoms with E-state index in [1.54, 1.807) is 19.1 Å². The number of hydrogen-bond donors (Lipinski definition) is 1. The topological polar surface area (TPSA) is 64.8 Å². The van der Waals surface area contributed by atoms with Crippen molar-refractivity contribution in [2.75, 3.05) is 40.5 Å². The molecule has 1 aromatic rings. The highest BCUT2D eigenvalue weighted by Crippen LogP contribution is 2.14. The quantitative estimate of drug-likeness (QED) is 0.790. The predicted molar refractivity (Wildman–Crippen MR) is 85.7 cm³/mol. The van der Waals surface area contributed by atoms with Gasteiger partial charge in [-0.25, -0.2) is 0 Å². The molecule has 6 heteroatoms. The van der Waals surface area contributed by atoms with Gasteiger partial charge in [0.1, 0.15) is 6.04 Å². The van der Waals surface area contributed by atoms with Crippen LogP contribution in [-0.2, 0) is 14.3 Å². The Morgan fingerprint density at radius 1 is 1.14 bits per heavy atom. The van der Waals surface area contributed by atoms with Crippen LogP contribution in [0.5, 0.6) is 0 Å². The molecule has 0 aliphatic rings. The van der Waals surface area contributed by atoms with Gasteiger partial charge in [0.15, 0.2) is 0 Å². The third-order valence-electron chi connectivity index (χ3n) is 3.14. The summed E-state index contributed by atoms with van der Waals surface area (Å²) < 4.78 is 10.1. The molecule has 0 bridgehead atoms. The minimum atomic E-state index is -0.649. The van der Waals surface area contributed by atoms with Gasteiger partial charge in [-0.1, -0.05) is 29.8 Å². The van der Waals surface area contributed by atoms with Crippen molar-refractivity contribution in [3.63, 3.8) is 0 Å². The second-order valence-corrected chi connectivity index (χ2v) is 4.70.